The predicted octanol–water partition coefficient (Wildman–Crippen LogP) is 4.09. The van der Waals surface area contributed by atoms with Gasteiger partial charge in [-0.05, 0) is 48.5 Å². The summed E-state index contributed by atoms with van der Waals surface area (Å²) in [6.45, 7) is 2.65. The van der Waals surface area contributed by atoms with E-state index in [9.17, 15) is 4.79 Å². The Balaban J connectivity index is 1.45. The highest BCUT2D eigenvalue weighted by Crippen LogP contribution is 2.38. The lowest BCUT2D eigenvalue weighted by atomic mass is 10.1. The van der Waals surface area contributed by atoms with Crippen molar-refractivity contribution in [1.29, 1.82) is 0 Å². The quantitative estimate of drug-likeness (QED) is 0.422. The molecule has 3 aromatic heterocycles. The maximum absolute atomic E-state index is 12.3. The second-order valence-electron chi connectivity index (χ2n) is 7.99. The molecule has 36 heavy (non-hydrogen) atoms. The van der Waals surface area contributed by atoms with Crippen LogP contribution < -0.4 is 20.3 Å². The molecule has 0 radical (unpaired) electrons. The normalized spacial score (nSPS) is 13.2. The van der Waals surface area contributed by atoms with Crippen molar-refractivity contribution >= 4 is 23.2 Å². The number of urea groups is 1. The third kappa shape index (κ3) is 5.23. The first-order valence-electron chi connectivity index (χ1n) is 11.5. The second kappa shape index (κ2) is 10.8. The Morgan fingerprint density at radius 1 is 0.889 bits per heavy atom. The number of rotatable bonds is 6. The van der Waals surface area contributed by atoms with Crippen LogP contribution in [0.2, 0.25) is 0 Å². The molecule has 0 atom stereocenters. The molecule has 10 heteroatoms. The highest BCUT2D eigenvalue weighted by molar-refractivity contribution is 5.99. The van der Waals surface area contributed by atoms with Gasteiger partial charge in [0.15, 0.2) is 17.4 Å². The van der Waals surface area contributed by atoms with Gasteiger partial charge in [-0.1, -0.05) is 0 Å². The van der Waals surface area contributed by atoms with E-state index in [1.807, 2.05) is 36.4 Å². The largest absolute Gasteiger partial charge is 0.491 e. The minimum Gasteiger partial charge on any atom is -0.491 e. The number of nitrogens with one attached hydrogen (secondary N) is 2. The number of pyridine rings is 2. The zero-order valence-electron chi connectivity index (χ0n) is 19.7. The Kier molecular flexibility index (Phi) is 6.95. The SMILES string of the molecule is COc1c(-c2ccncc2)nc(-c2ccc(NC(=O)Nc3cccnc3)cc2)nc1N1CCOCC1. The lowest BCUT2D eigenvalue weighted by Crippen LogP contribution is -2.37. The van der Waals surface area contributed by atoms with Gasteiger partial charge in [0.05, 0.1) is 32.2 Å². The fourth-order valence-electron chi connectivity index (χ4n) is 3.88. The first-order valence-corrected chi connectivity index (χ1v) is 11.5. The molecule has 5 rings (SSSR count). The van der Waals surface area contributed by atoms with Gasteiger partial charge in [0.1, 0.15) is 5.69 Å². The van der Waals surface area contributed by atoms with E-state index in [2.05, 4.69) is 25.5 Å². The number of amides is 2. The van der Waals surface area contributed by atoms with Crippen LogP contribution in [0.1, 0.15) is 0 Å². The lowest BCUT2D eigenvalue weighted by molar-refractivity contribution is 0.122. The van der Waals surface area contributed by atoms with Crippen molar-refractivity contribution < 1.29 is 14.3 Å². The molecule has 1 fully saturated rings. The summed E-state index contributed by atoms with van der Waals surface area (Å²) in [6.07, 6.45) is 6.67. The van der Waals surface area contributed by atoms with Crippen molar-refractivity contribution in [1.82, 2.24) is 19.9 Å². The number of anilines is 3. The van der Waals surface area contributed by atoms with E-state index in [1.165, 1.54) is 0 Å². The molecule has 4 aromatic rings. The molecule has 0 aliphatic carbocycles. The van der Waals surface area contributed by atoms with Gasteiger partial charge in [0, 0.05) is 48.5 Å². The molecule has 10 nitrogen and oxygen atoms in total. The van der Waals surface area contributed by atoms with Gasteiger partial charge in [-0.25, -0.2) is 14.8 Å². The van der Waals surface area contributed by atoms with E-state index in [-0.39, 0.29) is 6.03 Å². The zero-order chi connectivity index (χ0) is 24.7. The van der Waals surface area contributed by atoms with Crippen LogP contribution in [0.5, 0.6) is 5.75 Å². The average molecular weight is 484 g/mol. The molecule has 0 unspecified atom stereocenters. The Morgan fingerprint density at radius 2 is 1.64 bits per heavy atom. The van der Waals surface area contributed by atoms with Crippen molar-refractivity contribution in [2.75, 3.05) is 48.9 Å². The minimum absolute atomic E-state index is 0.356. The predicted molar refractivity (Wildman–Crippen MR) is 137 cm³/mol. The number of carbonyl (C=O) groups excluding carboxylic acids is 1. The average Bonchev–Trinajstić information content (AvgIpc) is 2.94. The summed E-state index contributed by atoms with van der Waals surface area (Å²) >= 11 is 0. The van der Waals surface area contributed by atoms with E-state index < -0.39 is 0 Å². The number of methoxy groups -OCH3 is 1. The number of morpholine rings is 1. The summed E-state index contributed by atoms with van der Waals surface area (Å²) in [5.74, 6) is 1.88. The topological polar surface area (TPSA) is 114 Å². The Hall–Kier alpha value is -4.57. The van der Waals surface area contributed by atoms with Gasteiger partial charge in [-0.3, -0.25) is 9.97 Å². The van der Waals surface area contributed by atoms with Crippen LogP contribution in [0.15, 0.2) is 73.3 Å². The molecule has 182 valence electrons. The van der Waals surface area contributed by atoms with Crippen LogP contribution in [0.3, 0.4) is 0 Å². The van der Waals surface area contributed by atoms with Gasteiger partial charge in [0.2, 0.25) is 0 Å². The first kappa shape index (κ1) is 23.2. The standard InChI is InChI=1S/C26H25N7O3/c1-35-23-22(18-8-11-27-12-9-18)31-24(32-25(23)33-13-15-36-16-14-33)19-4-6-20(7-5-19)29-26(34)30-21-3-2-10-28-17-21/h2-12,17H,13-16H2,1H3,(H2,29,30,34). The second-order valence-corrected chi connectivity index (χ2v) is 7.99. The zero-order valence-corrected chi connectivity index (χ0v) is 19.7. The molecule has 0 bridgehead atoms. The van der Waals surface area contributed by atoms with Crippen LogP contribution in [0, 0.1) is 0 Å². The summed E-state index contributed by atoms with van der Waals surface area (Å²) < 4.78 is 11.3. The first-order chi connectivity index (χ1) is 17.7. The van der Waals surface area contributed by atoms with E-state index in [4.69, 9.17) is 19.4 Å². The summed E-state index contributed by atoms with van der Waals surface area (Å²) in [5, 5.41) is 5.57. The fraction of sp³-hybridized carbons (Fsp3) is 0.192. The smallest absolute Gasteiger partial charge is 0.323 e. The molecule has 1 saturated heterocycles. The highest BCUT2D eigenvalue weighted by Gasteiger charge is 2.23. The number of aromatic nitrogens is 4. The third-order valence-corrected chi connectivity index (χ3v) is 5.64. The Bertz CT molecular complexity index is 1310. The van der Waals surface area contributed by atoms with E-state index in [0.717, 1.165) is 16.9 Å². The summed E-state index contributed by atoms with van der Waals surface area (Å²) in [4.78, 5) is 32.3. The maximum Gasteiger partial charge on any atom is 0.323 e. The summed E-state index contributed by atoms with van der Waals surface area (Å²) in [6, 6.07) is 14.3. The van der Waals surface area contributed by atoms with Crippen LogP contribution in [0.4, 0.5) is 22.0 Å². The van der Waals surface area contributed by atoms with Crippen molar-refractivity contribution in [2.24, 2.45) is 0 Å². The number of hydrogen-bond acceptors (Lipinski definition) is 8. The Morgan fingerprint density at radius 3 is 2.33 bits per heavy atom. The summed E-state index contributed by atoms with van der Waals surface area (Å²) in [5.41, 5.74) is 3.62. The van der Waals surface area contributed by atoms with Crippen molar-refractivity contribution in [3.8, 4) is 28.4 Å². The van der Waals surface area contributed by atoms with Crippen molar-refractivity contribution in [3.05, 3.63) is 73.3 Å². The van der Waals surface area contributed by atoms with Crippen LogP contribution in [0.25, 0.3) is 22.6 Å². The molecular weight excluding hydrogens is 458 g/mol. The van der Waals surface area contributed by atoms with Crippen LogP contribution in [-0.4, -0.2) is 59.4 Å². The molecule has 0 saturated carbocycles. The monoisotopic (exact) mass is 483 g/mol. The lowest BCUT2D eigenvalue weighted by Gasteiger charge is -2.29. The number of carbonyl (C=O) groups is 1. The highest BCUT2D eigenvalue weighted by atomic mass is 16.5. The van der Waals surface area contributed by atoms with Crippen molar-refractivity contribution in [2.45, 2.75) is 0 Å². The van der Waals surface area contributed by atoms with Gasteiger partial charge in [-0.2, -0.15) is 0 Å². The molecular formula is C26H25N7O3. The molecule has 2 N–H and O–H groups in total. The van der Waals surface area contributed by atoms with Gasteiger partial charge in [0.25, 0.3) is 0 Å². The van der Waals surface area contributed by atoms with E-state index in [1.54, 1.807) is 44.0 Å². The van der Waals surface area contributed by atoms with Crippen LogP contribution in [-0.2, 0) is 4.74 Å². The fourth-order valence-corrected chi connectivity index (χ4v) is 3.88. The maximum atomic E-state index is 12.3. The van der Waals surface area contributed by atoms with E-state index >= 15 is 0 Å². The van der Waals surface area contributed by atoms with E-state index in [0.29, 0.717) is 54.9 Å². The molecule has 2 amide bonds. The number of hydrogen-bond donors (Lipinski definition) is 2. The Labute approximate surface area is 208 Å². The third-order valence-electron chi connectivity index (χ3n) is 5.64. The van der Waals surface area contributed by atoms with Crippen LogP contribution >= 0.6 is 0 Å². The molecule has 1 aliphatic heterocycles. The number of ether oxygens (including phenoxy) is 2. The molecule has 4 heterocycles. The van der Waals surface area contributed by atoms with Crippen molar-refractivity contribution in [3.63, 3.8) is 0 Å². The van der Waals surface area contributed by atoms with Gasteiger partial charge < -0.3 is 25.0 Å². The molecule has 0 spiro atoms. The summed E-state index contributed by atoms with van der Waals surface area (Å²) in [7, 11) is 1.63. The van der Waals surface area contributed by atoms with Gasteiger partial charge >= 0.3 is 6.03 Å². The minimum atomic E-state index is -0.356. The number of benzene rings is 1. The molecule has 1 aromatic carbocycles. The molecule has 1 aliphatic rings. The van der Waals surface area contributed by atoms with Gasteiger partial charge in [-0.15, -0.1) is 0 Å². The number of nitrogens with zero attached hydrogens (tertiary/aromatic N) is 5.